The zero-order valence-corrected chi connectivity index (χ0v) is 15.8. The fourth-order valence-electron chi connectivity index (χ4n) is 4.32. The van der Waals surface area contributed by atoms with E-state index in [2.05, 4.69) is 37.8 Å². The molecule has 2 unspecified atom stereocenters. The second-order valence-corrected chi connectivity index (χ2v) is 8.39. The first-order valence-electron chi connectivity index (χ1n) is 9.19. The van der Waals surface area contributed by atoms with Gasteiger partial charge in [-0.3, -0.25) is 4.90 Å². The lowest BCUT2D eigenvalue weighted by atomic mass is 9.78. The third-order valence-electron chi connectivity index (χ3n) is 5.79. The fraction of sp³-hybridized carbons (Fsp3) is 0.650. The Morgan fingerprint density at radius 3 is 2.64 bits per heavy atom. The van der Waals surface area contributed by atoms with Crippen molar-refractivity contribution in [2.45, 2.75) is 58.7 Å². The largest absolute Gasteiger partial charge is 0.497 e. The van der Waals surface area contributed by atoms with Crippen molar-refractivity contribution >= 4 is 6.09 Å². The molecule has 0 saturated carbocycles. The van der Waals surface area contributed by atoms with Crippen molar-refractivity contribution in [3.05, 3.63) is 29.3 Å². The standard InChI is InChI=1S/C20H30N2O3/c1-20(2,3)18-12-16(8-10-22(18)19(23)24)21-9-7-14-5-6-17(25-4)11-15(14)13-21/h5-6,11,16,18H,7-10,12-13H2,1-4H3,(H,23,24). The number of likely N-dealkylation sites (tertiary alicyclic amines) is 1. The maximum Gasteiger partial charge on any atom is 0.407 e. The van der Waals surface area contributed by atoms with Crippen LogP contribution < -0.4 is 4.74 Å². The van der Waals surface area contributed by atoms with Gasteiger partial charge < -0.3 is 14.7 Å². The van der Waals surface area contributed by atoms with Gasteiger partial charge in [0.15, 0.2) is 0 Å². The number of amides is 1. The predicted octanol–water partition coefficient (Wildman–Crippen LogP) is 3.61. The number of methoxy groups -OCH3 is 1. The van der Waals surface area contributed by atoms with E-state index >= 15 is 0 Å². The highest BCUT2D eigenvalue weighted by Gasteiger charge is 2.40. The summed E-state index contributed by atoms with van der Waals surface area (Å²) in [5.74, 6) is 0.911. The van der Waals surface area contributed by atoms with Crippen LogP contribution in [0.3, 0.4) is 0 Å². The summed E-state index contributed by atoms with van der Waals surface area (Å²) in [5, 5.41) is 9.55. The van der Waals surface area contributed by atoms with E-state index in [1.54, 1.807) is 12.0 Å². The molecule has 2 aliphatic rings. The highest BCUT2D eigenvalue weighted by atomic mass is 16.5. The van der Waals surface area contributed by atoms with Crippen molar-refractivity contribution in [2.75, 3.05) is 20.2 Å². The molecule has 25 heavy (non-hydrogen) atoms. The van der Waals surface area contributed by atoms with Crippen molar-refractivity contribution in [1.82, 2.24) is 9.80 Å². The summed E-state index contributed by atoms with van der Waals surface area (Å²) in [4.78, 5) is 15.8. The van der Waals surface area contributed by atoms with Gasteiger partial charge in [-0.2, -0.15) is 0 Å². The van der Waals surface area contributed by atoms with E-state index in [1.165, 1.54) is 11.1 Å². The van der Waals surface area contributed by atoms with Gasteiger partial charge in [0.25, 0.3) is 0 Å². The molecule has 1 amide bonds. The first-order valence-corrected chi connectivity index (χ1v) is 9.19. The van der Waals surface area contributed by atoms with E-state index in [4.69, 9.17) is 4.74 Å². The number of hydrogen-bond acceptors (Lipinski definition) is 3. The van der Waals surface area contributed by atoms with Crippen LogP contribution in [0.4, 0.5) is 4.79 Å². The summed E-state index contributed by atoms with van der Waals surface area (Å²) < 4.78 is 5.37. The molecule has 2 heterocycles. The second-order valence-electron chi connectivity index (χ2n) is 8.39. The average Bonchev–Trinajstić information content (AvgIpc) is 2.59. The number of hydrogen-bond donors (Lipinski definition) is 1. The van der Waals surface area contributed by atoms with Crippen LogP contribution in [0, 0.1) is 5.41 Å². The number of piperidine rings is 1. The van der Waals surface area contributed by atoms with Crippen molar-refractivity contribution < 1.29 is 14.6 Å². The van der Waals surface area contributed by atoms with Gasteiger partial charge in [-0.25, -0.2) is 4.79 Å². The Morgan fingerprint density at radius 1 is 1.24 bits per heavy atom. The Balaban J connectivity index is 1.75. The van der Waals surface area contributed by atoms with Crippen LogP contribution in [0.5, 0.6) is 5.75 Å². The Bertz CT molecular complexity index is 638. The Kier molecular flexibility index (Phi) is 4.96. The van der Waals surface area contributed by atoms with Gasteiger partial charge in [-0.15, -0.1) is 0 Å². The SMILES string of the molecule is COc1ccc2c(c1)CN(C1CCN(C(=O)O)C(C(C)(C)C)C1)CC2. The average molecular weight is 346 g/mol. The summed E-state index contributed by atoms with van der Waals surface area (Å²) in [6.07, 6.45) is 2.10. The molecule has 5 nitrogen and oxygen atoms in total. The topological polar surface area (TPSA) is 53.0 Å². The quantitative estimate of drug-likeness (QED) is 0.889. The molecule has 3 rings (SSSR count). The van der Waals surface area contributed by atoms with Gasteiger partial charge in [0.2, 0.25) is 0 Å². The minimum Gasteiger partial charge on any atom is -0.497 e. The van der Waals surface area contributed by atoms with E-state index in [-0.39, 0.29) is 11.5 Å². The summed E-state index contributed by atoms with van der Waals surface area (Å²) in [5.41, 5.74) is 2.71. The monoisotopic (exact) mass is 346 g/mol. The third kappa shape index (κ3) is 3.76. The highest BCUT2D eigenvalue weighted by molar-refractivity contribution is 5.65. The Labute approximate surface area is 150 Å². The third-order valence-corrected chi connectivity index (χ3v) is 5.79. The number of carboxylic acid groups (broad SMARTS) is 1. The second kappa shape index (κ2) is 6.87. The van der Waals surface area contributed by atoms with E-state index in [0.717, 1.165) is 38.1 Å². The summed E-state index contributed by atoms with van der Waals surface area (Å²) in [6, 6.07) is 6.87. The molecule has 0 bridgehead atoms. The Hall–Kier alpha value is -1.75. The van der Waals surface area contributed by atoms with Crippen LogP contribution in [0.25, 0.3) is 0 Å². The molecule has 0 spiro atoms. The zero-order chi connectivity index (χ0) is 18.2. The number of rotatable bonds is 2. The summed E-state index contributed by atoms with van der Waals surface area (Å²) in [7, 11) is 1.71. The molecule has 1 N–H and O–H groups in total. The predicted molar refractivity (Wildman–Crippen MR) is 98.1 cm³/mol. The molecule has 0 radical (unpaired) electrons. The first-order chi connectivity index (χ1) is 11.8. The number of benzene rings is 1. The van der Waals surface area contributed by atoms with Gasteiger partial charge in [0.1, 0.15) is 5.75 Å². The molecule has 5 heteroatoms. The van der Waals surface area contributed by atoms with Crippen molar-refractivity contribution in [2.24, 2.45) is 5.41 Å². The minimum atomic E-state index is -0.785. The lowest BCUT2D eigenvalue weighted by Gasteiger charge is -2.48. The van der Waals surface area contributed by atoms with Crippen LogP contribution >= 0.6 is 0 Å². The summed E-state index contributed by atoms with van der Waals surface area (Å²) in [6.45, 7) is 9.05. The Morgan fingerprint density at radius 2 is 2.00 bits per heavy atom. The maximum absolute atomic E-state index is 11.6. The smallest absolute Gasteiger partial charge is 0.407 e. The molecule has 138 valence electrons. The molecule has 1 fully saturated rings. The molecule has 0 aliphatic carbocycles. The van der Waals surface area contributed by atoms with E-state index in [1.807, 2.05) is 6.07 Å². The fourth-order valence-corrected chi connectivity index (χ4v) is 4.32. The van der Waals surface area contributed by atoms with Gasteiger partial charge in [-0.05, 0) is 47.9 Å². The van der Waals surface area contributed by atoms with Crippen LogP contribution in [0.15, 0.2) is 18.2 Å². The zero-order valence-electron chi connectivity index (χ0n) is 15.8. The molecule has 2 atom stereocenters. The van der Waals surface area contributed by atoms with Gasteiger partial charge in [0, 0.05) is 31.7 Å². The molecular weight excluding hydrogens is 316 g/mol. The first kappa shape index (κ1) is 18.1. The van der Waals surface area contributed by atoms with E-state index in [0.29, 0.717) is 12.6 Å². The van der Waals surface area contributed by atoms with E-state index < -0.39 is 6.09 Å². The number of carbonyl (C=O) groups is 1. The minimum absolute atomic E-state index is 0.0476. The molecule has 1 aromatic rings. The van der Waals surface area contributed by atoms with Crippen LogP contribution in [-0.2, 0) is 13.0 Å². The van der Waals surface area contributed by atoms with E-state index in [9.17, 15) is 9.90 Å². The van der Waals surface area contributed by atoms with Crippen molar-refractivity contribution in [3.8, 4) is 5.75 Å². The van der Waals surface area contributed by atoms with Crippen LogP contribution in [-0.4, -0.2) is 53.3 Å². The van der Waals surface area contributed by atoms with Gasteiger partial charge in [-0.1, -0.05) is 26.8 Å². The van der Waals surface area contributed by atoms with Gasteiger partial charge in [0.05, 0.1) is 7.11 Å². The lowest BCUT2D eigenvalue weighted by Crippen LogP contribution is -2.56. The molecule has 2 aliphatic heterocycles. The number of ether oxygens (including phenoxy) is 1. The molecule has 1 saturated heterocycles. The molecule has 1 aromatic carbocycles. The number of fused-ring (bicyclic) bond motifs is 1. The van der Waals surface area contributed by atoms with Crippen LogP contribution in [0.2, 0.25) is 0 Å². The maximum atomic E-state index is 11.6. The highest BCUT2D eigenvalue weighted by Crippen LogP contribution is 2.35. The summed E-state index contributed by atoms with van der Waals surface area (Å²) >= 11 is 0. The van der Waals surface area contributed by atoms with Crippen molar-refractivity contribution in [3.63, 3.8) is 0 Å². The molecular formula is C20H30N2O3. The normalized spacial score (nSPS) is 24.7. The van der Waals surface area contributed by atoms with Gasteiger partial charge >= 0.3 is 6.09 Å². The van der Waals surface area contributed by atoms with Crippen molar-refractivity contribution in [1.29, 1.82) is 0 Å². The van der Waals surface area contributed by atoms with Crippen LogP contribution in [0.1, 0.15) is 44.7 Å². The number of nitrogens with zero attached hydrogens (tertiary/aromatic N) is 2. The molecule has 0 aromatic heterocycles. The lowest BCUT2D eigenvalue weighted by molar-refractivity contribution is 0.0161.